The zero-order chi connectivity index (χ0) is 13.3. The Morgan fingerprint density at radius 1 is 1.37 bits per heavy atom. The monoisotopic (exact) mass is 303 g/mol. The Kier molecular flexibility index (Phi) is 4.79. The molecule has 104 valence electrons. The molecule has 0 spiro atoms. The van der Waals surface area contributed by atoms with Crippen LogP contribution in [0.3, 0.4) is 0 Å². The molecule has 0 saturated heterocycles. The predicted octanol–water partition coefficient (Wildman–Crippen LogP) is 1.55. The number of hydrogen-bond donors (Lipinski definition) is 3. The van der Waals surface area contributed by atoms with E-state index in [1.54, 1.807) is 12.1 Å². The van der Waals surface area contributed by atoms with Crippen LogP contribution in [0.15, 0.2) is 18.2 Å². The van der Waals surface area contributed by atoms with E-state index in [0.29, 0.717) is 29.1 Å². The smallest absolute Gasteiger partial charge is 0.252 e. The van der Waals surface area contributed by atoms with Gasteiger partial charge in [0, 0.05) is 12.7 Å². The highest BCUT2D eigenvalue weighted by Crippen LogP contribution is 2.33. The van der Waals surface area contributed by atoms with Gasteiger partial charge in [-0.05, 0) is 31.0 Å². The minimum absolute atomic E-state index is 0. The summed E-state index contributed by atoms with van der Waals surface area (Å²) in [6.07, 6.45) is 1.38. The first kappa shape index (κ1) is 15.8. The van der Waals surface area contributed by atoms with E-state index < -0.39 is 5.54 Å². The molecule has 0 bridgehead atoms. The number of carbonyl (C=O) groups is 2. The lowest BCUT2D eigenvalue weighted by Crippen LogP contribution is -2.37. The van der Waals surface area contributed by atoms with Gasteiger partial charge >= 0.3 is 0 Å². The summed E-state index contributed by atoms with van der Waals surface area (Å²) in [5, 5.41) is 5.51. The van der Waals surface area contributed by atoms with E-state index >= 15 is 0 Å². The lowest BCUT2D eigenvalue weighted by Gasteiger charge is -2.11. The zero-order valence-corrected chi connectivity index (χ0v) is 11.9. The van der Waals surface area contributed by atoms with E-state index in [4.69, 9.17) is 17.3 Å². The number of hydrogen-bond acceptors (Lipinski definition) is 3. The molecule has 0 atom stereocenters. The normalized spacial score (nSPS) is 15.1. The van der Waals surface area contributed by atoms with Gasteiger partial charge in [-0.2, -0.15) is 0 Å². The zero-order valence-electron chi connectivity index (χ0n) is 10.3. The average Bonchev–Trinajstić information content (AvgIpc) is 3.10. The number of amides is 2. The molecule has 4 N–H and O–H groups in total. The van der Waals surface area contributed by atoms with Crippen LogP contribution >= 0.6 is 24.0 Å². The summed E-state index contributed by atoms with van der Waals surface area (Å²) in [7, 11) is 1.52. The molecule has 2 rings (SSSR count). The van der Waals surface area contributed by atoms with Gasteiger partial charge < -0.3 is 16.4 Å². The molecule has 1 saturated carbocycles. The molecule has 0 unspecified atom stereocenters. The van der Waals surface area contributed by atoms with Crippen LogP contribution in [0.2, 0.25) is 5.02 Å². The van der Waals surface area contributed by atoms with Crippen LogP contribution in [0.4, 0.5) is 5.69 Å². The van der Waals surface area contributed by atoms with Crippen LogP contribution in [-0.4, -0.2) is 24.4 Å². The van der Waals surface area contributed by atoms with Crippen LogP contribution in [0.5, 0.6) is 0 Å². The lowest BCUT2D eigenvalue weighted by atomic mass is 10.1. The van der Waals surface area contributed by atoms with E-state index in [9.17, 15) is 9.59 Å². The van der Waals surface area contributed by atoms with E-state index in [1.807, 2.05) is 0 Å². The van der Waals surface area contributed by atoms with Gasteiger partial charge in [-0.3, -0.25) is 9.59 Å². The minimum atomic E-state index is -0.743. The van der Waals surface area contributed by atoms with Gasteiger partial charge in [-0.15, -0.1) is 12.4 Å². The maximum atomic E-state index is 11.8. The summed E-state index contributed by atoms with van der Waals surface area (Å²) in [5.41, 5.74) is 5.86. The van der Waals surface area contributed by atoms with Crippen LogP contribution in [0.25, 0.3) is 0 Å². The molecule has 1 aliphatic carbocycles. The van der Waals surface area contributed by atoms with Crippen LogP contribution < -0.4 is 16.4 Å². The molecule has 0 aromatic heterocycles. The van der Waals surface area contributed by atoms with Crippen LogP contribution in [0.1, 0.15) is 23.2 Å². The van der Waals surface area contributed by atoms with Gasteiger partial charge in [0.25, 0.3) is 5.91 Å². The van der Waals surface area contributed by atoms with Crippen molar-refractivity contribution in [2.75, 3.05) is 12.4 Å². The number of carbonyl (C=O) groups excluding carboxylic acids is 2. The molecule has 2 amide bonds. The minimum Gasteiger partial charge on any atom is -0.355 e. The van der Waals surface area contributed by atoms with E-state index in [2.05, 4.69) is 10.6 Å². The lowest BCUT2D eigenvalue weighted by molar-refractivity contribution is -0.118. The maximum Gasteiger partial charge on any atom is 0.252 e. The molecule has 0 radical (unpaired) electrons. The standard InChI is InChI=1S/C12H14ClN3O2.ClH/c1-15-10(17)8-6-7(2-3-9(8)13)16-11(18)12(14)4-5-12;/h2-3,6H,4-5,14H2,1H3,(H,15,17)(H,16,18);1H. The molecule has 19 heavy (non-hydrogen) atoms. The summed E-state index contributed by atoms with van der Waals surface area (Å²) >= 11 is 5.91. The highest BCUT2D eigenvalue weighted by Gasteiger charge is 2.45. The molecule has 1 fully saturated rings. The Morgan fingerprint density at radius 3 is 2.53 bits per heavy atom. The van der Waals surface area contributed by atoms with Crippen molar-refractivity contribution in [1.29, 1.82) is 0 Å². The second kappa shape index (κ2) is 5.77. The Morgan fingerprint density at radius 2 is 2.00 bits per heavy atom. The largest absolute Gasteiger partial charge is 0.355 e. The molecule has 5 nitrogen and oxygen atoms in total. The van der Waals surface area contributed by atoms with Crippen molar-refractivity contribution in [1.82, 2.24) is 5.32 Å². The van der Waals surface area contributed by atoms with Gasteiger partial charge in [0.05, 0.1) is 16.1 Å². The Balaban J connectivity index is 0.00000180. The molecule has 1 aliphatic rings. The second-order valence-corrected chi connectivity index (χ2v) is 4.79. The number of benzene rings is 1. The second-order valence-electron chi connectivity index (χ2n) is 4.38. The summed E-state index contributed by atoms with van der Waals surface area (Å²) in [5.74, 6) is -0.530. The first-order chi connectivity index (χ1) is 8.46. The van der Waals surface area contributed by atoms with Crippen molar-refractivity contribution in [2.45, 2.75) is 18.4 Å². The van der Waals surface area contributed by atoms with Crippen molar-refractivity contribution >= 4 is 41.5 Å². The van der Waals surface area contributed by atoms with E-state index in [1.165, 1.54) is 13.1 Å². The SMILES string of the molecule is CNC(=O)c1cc(NC(=O)C2(N)CC2)ccc1Cl.Cl. The molecule has 7 heteroatoms. The molecular weight excluding hydrogens is 289 g/mol. The number of halogens is 2. The van der Waals surface area contributed by atoms with Crippen molar-refractivity contribution in [3.8, 4) is 0 Å². The highest BCUT2D eigenvalue weighted by atomic mass is 35.5. The first-order valence-electron chi connectivity index (χ1n) is 5.58. The number of rotatable bonds is 3. The molecule has 0 aliphatic heterocycles. The average molecular weight is 304 g/mol. The van der Waals surface area contributed by atoms with Crippen molar-refractivity contribution < 1.29 is 9.59 Å². The summed E-state index contributed by atoms with van der Waals surface area (Å²) in [4.78, 5) is 23.3. The van der Waals surface area contributed by atoms with Crippen molar-refractivity contribution in [3.05, 3.63) is 28.8 Å². The van der Waals surface area contributed by atoms with Crippen LogP contribution in [0, 0.1) is 0 Å². The molecular formula is C12H15Cl2N3O2. The molecule has 1 aromatic rings. The van der Waals surface area contributed by atoms with E-state index in [-0.39, 0.29) is 24.2 Å². The quantitative estimate of drug-likeness (QED) is 0.792. The maximum absolute atomic E-state index is 11.8. The van der Waals surface area contributed by atoms with Gasteiger partial charge in [-0.1, -0.05) is 11.6 Å². The summed E-state index contributed by atoms with van der Waals surface area (Å²) in [6, 6.07) is 4.74. The third-order valence-corrected chi connectivity index (χ3v) is 3.27. The Hall–Kier alpha value is -1.30. The fourth-order valence-corrected chi connectivity index (χ4v) is 1.73. The third kappa shape index (κ3) is 3.37. The van der Waals surface area contributed by atoms with E-state index in [0.717, 1.165) is 0 Å². The molecule has 0 heterocycles. The molecule has 1 aromatic carbocycles. The third-order valence-electron chi connectivity index (χ3n) is 2.94. The fourth-order valence-electron chi connectivity index (χ4n) is 1.53. The van der Waals surface area contributed by atoms with Gasteiger partial charge in [-0.25, -0.2) is 0 Å². The number of anilines is 1. The summed E-state index contributed by atoms with van der Waals surface area (Å²) in [6.45, 7) is 0. The Labute approximate surface area is 122 Å². The van der Waals surface area contributed by atoms with Gasteiger partial charge in [0.15, 0.2) is 0 Å². The van der Waals surface area contributed by atoms with Crippen molar-refractivity contribution in [2.24, 2.45) is 5.73 Å². The van der Waals surface area contributed by atoms with Crippen molar-refractivity contribution in [3.63, 3.8) is 0 Å². The first-order valence-corrected chi connectivity index (χ1v) is 5.96. The number of nitrogens with two attached hydrogens (primary N) is 1. The topological polar surface area (TPSA) is 84.2 Å². The predicted molar refractivity (Wildman–Crippen MR) is 76.9 cm³/mol. The summed E-state index contributed by atoms with van der Waals surface area (Å²) < 4.78 is 0. The number of nitrogens with one attached hydrogen (secondary N) is 2. The highest BCUT2D eigenvalue weighted by molar-refractivity contribution is 6.34. The van der Waals surface area contributed by atoms with Crippen LogP contribution in [-0.2, 0) is 4.79 Å². The fraction of sp³-hybridized carbons (Fsp3) is 0.333. The van der Waals surface area contributed by atoms with Gasteiger partial charge in [0.2, 0.25) is 5.91 Å². The Bertz CT molecular complexity index is 516. The van der Waals surface area contributed by atoms with Gasteiger partial charge in [0.1, 0.15) is 0 Å².